The summed E-state index contributed by atoms with van der Waals surface area (Å²) in [4.78, 5) is 12.4. The number of aromatic nitrogens is 3. The second-order valence-electron chi connectivity index (χ2n) is 5.46. The van der Waals surface area contributed by atoms with Crippen LogP contribution in [0.2, 0.25) is 0 Å². The highest BCUT2D eigenvalue weighted by molar-refractivity contribution is 9.10. The summed E-state index contributed by atoms with van der Waals surface area (Å²) in [5.41, 5.74) is 7.62. The van der Waals surface area contributed by atoms with Crippen molar-refractivity contribution in [3.63, 3.8) is 0 Å². The Morgan fingerprint density at radius 2 is 2.26 bits per heavy atom. The number of nitrogens with zero attached hydrogens (tertiary/aromatic N) is 3. The van der Waals surface area contributed by atoms with Gasteiger partial charge in [0.1, 0.15) is 0 Å². The Morgan fingerprint density at radius 1 is 1.48 bits per heavy atom. The molecule has 1 aromatic heterocycles. The van der Waals surface area contributed by atoms with Gasteiger partial charge in [0, 0.05) is 17.1 Å². The normalized spacial score (nSPS) is 12.2. The number of nitrogens with two attached hydrogens (primary N) is 1. The number of rotatable bonds is 7. The Balaban J connectivity index is 2.16. The number of halogens is 1. The van der Waals surface area contributed by atoms with Crippen molar-refractivity contribution in [1.82, 2.24) is 20.3 Å². The maximum absolute atomic E-state index is 12.4. The van der Waals surface area contributed by atoms with Gasteiger partial charge in [-0.25, -0.2) is 4.68 Å². The molecule has 0 saturated heterocycles. The number of hydrogen-bond acceptors (Lipinski definition) is 4. The molecule has 1 unspecified atom stereocenters. The lowest BCUT2D eigenvalue weighted by Gasteiger charge is -2.15. The lowest BCUT2D eigenvalue weighted by atomic mass is 10.1. The molecular weight excluding hydrogens is 358 g/mol. The van der Waals surface area contributed by atoms with Crippen LogP contribution in [-0.2, 0) is 0 Å². The summed E-state index contributed by atoms with van der Waals surface area (Å²) >= 11 is 3.43. The zero-order chi connectivity index (χ0) is 16.8. The van der Waals surface area contributed by atoms with Crippen molar-refractivity contribution >= 4 is 21.8 Å². The van der Waals surface area contributed by atoms with E-state index in [1.54, 1.807) is 4.68 Å². The third-order valence-electron chi connectivity index (χ3n) is 3.69. The predicted octanol–water partition coefficient (Wildman–Crippen LogP) is 2.59. The van der Waals surface area contributed by atoms with Crippen LogP contribution in [0.3, 0.4) is 0 Å². The molecule has 0 bridgehead atoms. The van der Waals surface area contributed by atoms with Crippen LogP contribution >= 0.6 is 15.9 Å². The Hall–Kier alpha value is -1.73. The Bertz CT molecular complexity index is 670. The van der Waals surface area contributed by atoms with Gasteiger partial charge < -0.3 is 11.1 Å². The molecule has 124 valence electrons. The molecule has 1 heterocycles. The molecule has 0 saturated carbocycles. The van der Waals surface area contributed by atoms with E-state index in [1.165, 1.54) is 0 Å². The first-order valence-corrected chi connectivity index (χ1v) is 8.55. The number of hydrogen-bond donors (Lipinski definition) is 2. The first kappa shape index (κ1) is 17.6. The molecule has 0 spiro atoms. The van der Waals surface area contributed by atoms with Crippen molar-refractivity contribution in [1.29, 1.82) is 0 Å². The fraction of sp³-hybridized carbons (Fsp3) is 0.438. The molecule has 0 radical (unpaired) electrons. The van der Waals surface area contributed by atoms with Crippen LogP contribution in [-0.4, -0.2) is 33.5 Å². The second-order valence-corrected chi connectivity index (χ2v) is 6.38. The Labute approximate surface area is 144 Å². The average molecular weight is 380 g/mol. The van der Waals surface area contributed by atoms with E-state index in [4.69, 9.17) is 5.73 Å². The van der Waals surface area contributed by atoms with Crippen LogP contribution in [0.25, 0.3) is 5.69 Å². The van der Waals surface area contributed by atoms with Gasteiger partial charge in [0.2, 0.25) is 0 Å². The van der Waals surface area contributed by atoms with Crippen molar-refractivity contribution in [3.8, 4) is 5.69 Å². The fourth-order valence-electron chi connectivity index (χ4n) is 2.35. The average Bonchev–Trinajstić information content (AvgIpc) is 2.93. The maximum Gasteiger partial charge on any atom is 0.274 e. The van der Waals surface area contributed by atoms with E-state index in [-0.39, 0.29) is 11.9 Å². The van der Waals surface area contributed by atoms with Crippen molar-refractivity contribution < 1.29 is 4.79 Å². The zero-order valence-corrected chi connectivity index (χ0v) is 15.0. The summed E-state index contributed by atoms with van der Waals surface area (Å²) < 4.78 is 2.60. The van der Waals surface area contributed by atoms with E-state index >= 15 is 0 Å². The predicted molar refractivity (Wildman–Crippen MR) is 93.6 cm³/mol. The number of benzene rings is 1. The minimum atomic E-state index is -0.227. The van der Waals surface area contributed by atoms with Crippen molar-refractivity contribution in [3.05, 3.63) is 40.1 Å². The SMILES string of the molecule is CCCCC(CN)NC(=O)c1nnn(-c2cccc(Br)c2)c1C. The molecular formula is C16H22BrN5O. The van der Waals surface area contributed by atoms with Gasteiger partial charge in [-0.05, 0) is 31.5 Å². The van der Waals surface area contributed by atoms with Crippen molar-refractivity contribution in [2.24, 2.45) is 5.73 Å². The summed E-state index contributed by atoms with van der Waals surface area (Å²) in [7, 11) is 0. The molecule has 6 nitrogen and oxygen atoms in total. The van der Waals surface area contributed by atoms with Gasteiger partial charge in [0.15, 0.2) is 5.69 Å². The first-order valence-electron chi connectivity index (χ1n) is 7.76. The summed E-state index contributed by atoms with van der Waals surface area (Å²) in [5, 5.41) is 11.1. The van der Waals surface area contributed by atoms with Crippen LogP contribution in [0.5, 0.6) is 0 Å². The monoisotopic (exact) mass is 379 g/mol. The van der Waals surface area contributed by atoms with Gasteiger partial charge in [0.25, 0.3) is 5.91 Å². The maximum atomic E-state index is 12.4. The number of unbranched alkanes of at least 4 members (excludes halogenated alkanes) is 1. The highest BCUT2D eigenvalue weighted by atomic mass is 79.9. The van der Waals surface area contributed by atoms with Gasteiger partial charge in [-0.1, -0.05) is 47.0 Å². The number of carbonyl (C=O) groups excluding carboxylic acids is 1. The second kappa shape index (κ2) is 8.21. The minimum absolute atomic E-state index is 0.0298. The first-order chi connectivity index (χ1) is 11.1. The quantitative estimate of drug-likeness (QED) is 0.773. The van der Waals surface area contributed by atoms with E-state index in [0.717, 1.165) is 29.4 Å². The largest absolute Gasteiger partial charge is 0.347 e. The summed E-state index contributed by atoms with van der Waals surface area (Å²) in [6, 6.07) is 7.65. The molecule has 1 aromatic carbocycles. The molecule has 2 rings (SSSR count). The molecule has 23 heavy (non-hydrogen) atoms. The van der Waals surface area contributed by atoms with Crippen LogP contribution in [0.15, 0.2) is 28.7 Å². The molecule has 2 aromatic rings. The number of amides is 1. The molecule has 7 heteroatoms. The molecule has 0 aliphatic carbocycles. The smallest absolute Gasteiger partial charge is 0.274 e. The molecule has 0 fully saturated rings. The third kappa shape index (κ3) is 4.39. The molecule has 0 aliphatic heterocycles. The van der Waals surface area contributed by atoms with E-state index in [1.807, 2.05) is 31.2 Å². The van der Waals surface area contributed by atoms with Gasteiger partial charge in [-0.15, -0.1) is 5.10 Å². The minimum Gasteiger partial charge on any atom is -0.347 e. The standard InChI is InChI=1S/C16H22BrN5O/c1-3-4-7-13(10-18)19-16(23)15-11(2)22(21-20-15)14-8-5-6-12(17)9-14/h5-6,8-9,13H,3-4,7,10,18H2,1-2H3,(H,19,23). The molecule has 1 amide bonds. The van der Waals surface area contributed by atoms with Crippen LogP contribution < -0.4 is 11.1 Å². The highest BCUT2D eigenvalue weighted by Crippen LogP contribution is 2.17. The van der Waals surface area contributed by atoms with Crippen LogP contribution in [0.1, 0.15) is 42.4 Å². The lowest BCUT2D eigenvalue weighted by Crippen LogP contribution is -2.40. The Kier molecular flexibility index (Phi) is 6.29. The van der Waals surface area contributed by atoms with Gasteiger partial charge in [-0.2, -0.15) is 0 Å². The van der Waals surface area contributed by atoms with E-state index < -0.39 is 0 Å². The topological polar surface area (TPSA) is 85.8 Å². The summed E-state index contributed by atoms with van der Waals surface area (Å²) in [5.74, 6) is -0.227. The van der Waals surface area contributed by atoms with Crippen LogP contribution in [0.4, 0.5) is 0 Å². The van der Waals surface area contributed by atoms with E-state index in [9.17, 15) is 4.79 Å². The van der Waals surface area contributed by atoms with Gasteiger partial charge in [0.05, 0.1) is 11.4 Å². The van der Waals surface area contributed by atoms with Gasteiger partial charge in [-0.3, -0.25) is 4.79 Å². The molecule has 1 atom stereocenters. The number of nitrogens with one attached hydrogen (secondary N) is 1. The van der Waals surface area contributed by atoms with E-state index in [0.29, 0.717) is 17.9 Å². The van der Waals surface area contributed by atoms with Gasteiger partial charge >= 0.3 is 0 Å². The third-order valence-corrected chi connectivity index (χ3v) is 4.18. The Morgan fingerprint density at radius 3 is 2.91 bits per heavy atom. The summed E-state index contributed by atoms with van der Waals surface area (Å²) in [6.45, 7) is 4.37. The summed E-state index contributed by atoms with van der Waals surface area (Å²) in [6.07, 6.45) is 2.98. The molecule has 3 N–H and O–H groups in total. The molecule has 0 aliphatic rings. The zero-order valence-electron chi connectivity index (χ0n) is 13.4. The fourth-order valence-corrected chi connectivity index (χ4v) is 2.73. The van der Waals surface area contributed by atoms with Crippen molar-refractivity contribution in [2.45, 2.75) is 39.2 Å². The lowest BCUT2D eigenvalue weighted by molar-refractivity contribution is 0.0930. The van der Waals surface area contributed by atoms with E-state index in [2.05, 4.69) is 38.5 Å². The highest BCUT2D eigenvalue weighted by Gasteiger charge is 2.19. The van der Waals surface area contributed by atoms with Crippen LogP contribution in [0, 0.1) is 6.92 Å². The van der Waals surface area contributed by atoms with Crippen molar-refractivity contribution in [2.75, 3.05) is 6.54 Å². The number of carbonyl (C=O) groups is 1.